The predicted molar refractivity (Wildman–Crippen MR) is 120 cm³/mol. The molecule has 1 aliphatic heterocycles. The van der Waals surface area contributed by atoms with Crippen LogP contribution in [0.3, 0.4) is 0 Å². The molecule has 0 aromatic heterocycles. The number of hydrogen-bond donors (Lipinski definition) is 0. The van der Waals surface area contributed by atoms with Crippen molar-refractivity contribution in [2.24, 2.45) is 11.8 Å². The molecule has 5 heteroatoms. The Morgan fingerprint density at radius 1 is 1.14 bits per heavy atom. The summed E-state index contributed by atoms with van der Waals surface area (Å²) in [7, 11) is -1.81. The second kappa shape index (κ2) is 10.1. The van der Waals surface area contributed by atoms with Crippen molar-refractivity contribution in [2.75, 3.05) is 13.2 Å². The van der Waals surface area contributed by atoms with Crippen LogP contribution in [-0.2, 0) is 25.3 Å². The summed E-state index contributed by atoms with van der Waals surface area (Å²) in [6.45, 7) is 17.3. The second-order valence-corrected chi connectivity index (χ2v) is 14.7. The Kier molecular flexibility index (Phi) is 8.26. The molecule has 3 atom stereocenters. The molecule has 1 aliphatic rings. The van der Waals surface area contributed by atoms with E-state index >= 15 is 0 Å². The fraction of sp³-hybridized carbons (Fsp3) is 0.625. The van der Waals surface area contributed by atoms with Gasteiger partial charge in [-0.05, 0) is 23.7 Å². The number of benzene rings is 1. The molecule has 0 aliphatic carbocycles. The van der Waals surface area contributed by atoms with Gasteiger partial charge in [-0.25, -0.2) is 4.79 Å². The van der Waals surface area contributed by atoms with Gasteiger partial charge in [-0.3, -0.25) is 0 Å². The molecule has 0 N–H and O–H groups in total. The molecule has 0 spiro atoms. The van der Waals surface area contributed by atoms with Crippen LogP contribution >= 0.6 is 0 Å². The Hall–Kier alpha value is -1.43. The molecular weight excluding hydrogens is 380 g/mol. The van der Waals surface area contributed by atoms with Gasteiger partial charge >= 0.3 is 5.97 Å². The molecule has 1 heterocycles. The first-order valence-electron chi connectivity index (χ1n) is 10.7. The summed E-state index contributed by atoms with van der Waals surface area (Å²) in [5.74, 6) is 0.0992. The summed E-state index contributed by atoms with van der Waals surface area (Å²) in [6, 6.07) is 10.1. The fourth-order valence-electron chi connectivity index (χ4n) is 3.03. The number of hydrogen-bond acceptors (Lipinski definition) is 4. The second-order valence-electron chi connectivity index (χ2n) is 9.85. The van der Waals surface area contributed by atoms with Crippen LogP contribution in [0.4, 0.5) is 0 Å². The standard InChI is InChI=1S/C24H38O4Si/c1-18(15-26-17-20-11-9-8-10-12-20)21-13-22(28-23(25)14-21)19(2)16-27-29(6,7)24(3,4)5/h8-12,14,18-19,22H,13,15-17H2,1-7H3/t18-,19+,22+/m1/s1. The van der Waals surface area contributed by atoms with Crippen LogP contribution in [0.1, 0.15) is 46.6 Å². The Labute approximate surface area is 177 Å². The normalized spacial score (nSPS) is 20.0. The van der Waals surface area contributed by atoms with Gasteiger partial charge in [0.2, 0.25) is 0 Å². The molecule has 0 radical (unpaired) electrons. The summed E-state index contributed by atoms with van der Waals surface area (Å²) >= 11 is 0. The lowest BCUT2D eigenvalue weighted by molar-refractivity contribution is -0.147. The average Bonchev–Trinajstić information content (AvgIpc) is 2.65. The molecule has 0 fully saturated rings. The summed E-state index contributed by atoms with van der Waals surface area (Å²) < 4.78 is 17.9. The van der Waals surface area contributed by atoms with Crippen LogP contribution in [0, 0.1) is 11.8 Å². The molecule has 162 valence electrons. The molecule has 0 unspecified atom stereocenters. The Balaban J connectivity index is 1.87. The Morgan fingerprint density at radius 3 is 2.41 bits per heavy atom. The van der Waals surface area contributed by atoms with Crippen LogP contribution in [-0.4, -0.2) is 33.6 Å². The summed E-state index contributed by atoms with van der Waals surface area (Å²) in [4.78, 5) is 12.2. The third-order valence-electron chi connectivity index (χ3n) is 6.27. The summed E-state index contributed by atoms with van der Waals surface area (Å²) in [5, 5.41) is 0.172. The zero-order valence-electron chi connectivity index (χ0n) is 19.2. The van der Waals surface area contributed by atoms with E-state index in [9.17, 15) is 4.79 Å². The van der Waals surface area contributed by atoms with Gasteiger partial charge in [0.1, 0.15) is 6.10 Å². The minimum Gasteiger partial charge on any atom is -0.459 e. The number of ether oxygens (including phenoxy) is 2. The molecular formula is C24H38O4Si. The van der Waals surface area contributed by atoms with Crippen molar-refractivity contribution < 1.29 is 18.7 Å². The lowest BCUT2D eigenvalue weighted by Gasteiger charge is -2.38. The van der Waals surface area contributed by atoms with Gasteiger partial charge in [0.05, 0.1) is 13.2 Å². The van der Waals surface area contributed by atoms with Crippen molar-refractivity contribution in [3.05, 3.63) is 47.5 Å². The SMILES string of the molecule is C[C@H](COCc1ccccc1)C1=CC(=O)O[C@H]([C@@H](C)CO[Si](C)(C)C(C)(C)C)C1. The maximum absolute atomic E-state index is 12.2. The molecule has 1 aromatic carbocycles. The number of rotatable bonds is 9. The van der Waals surface area contributed by atoms with Crippen LogP contribution in [0.15, 0.2) is 42.0 Å². The largest absolute Gasteiger partial charge is 0.459 e. The highest BCUT2D eigenvalue weighted by atomic mass is 28.4. The van der Waals surface area contributed by atoms with E-state index < -0.39 is 8.32 Å². The third-order valence-corrected chi connectivity index (χ3v) is 10.8. The van der Waals surface area contributed by atoms with Crippen molar-refractivity contribution in [1.29, 1.82) is 0 Å². The van der Waals surface area contributed by atoms with E-state index in [4.69, 9.17) is 13.9 Å². The van der Waals surface area contributed by atoms with Crippen LogP contribution in [0.2, 0.25) is 18.1 Å². The van der Waals surface area contributed by atoms with E-state index in [2.05, 4.69) is 59.8 Å². The monoisotopic (exact) mass is 418 g/mol. The zero-order valence-corrected chi connectivity index (χ0v) is 20.2. The van der Waals surface area contributed by atoms with Crippen molar-refractivity contribution >= 4 is 14.3 Å². The Bertz CT molecular complexity index is 691. The van der Waals surface area contributed by atoms with Crippen molar-refractivity contribution in [1.82, 2.24) is 0 Å². The highest BCUT2D eigenvalue weighted by Crippen LogP contribution is 2.37. The van der Waals surface area contributed by atoms with E-state index in [0.29, 0.717) is 19.8 Å². The minimum atomic E-state index is -1.81. The van der Waals surface area contributed by atoms with Crippen molar-refractivity contribution in [3.8, 4) is 0 Å². The fourth-order valence-corrected chi connectivity index (χ4v) is 4.14. The van der Waals surface area contributed by atoms with E-state index in [1.54, 1.807) is 6.08 Å². The minimum absolute atomic E-state index is 0.135. The quantitative estimate of drug-likeness (QED) is 0.379. The molecule has 2 rings (SSSR count). The molecule has 0 saturated heterocycles. The lowest BCUT2D eigenvalue weighted by Crippen LogP contribution is -2.43. The van der Waals surface area contributed by atoms with Gasteiger partial charge < -0.3 is 13.9 Å². The maximum Gasteiger partial charge on any atom is 0.331 e. The Morgan fingerprint density at radius 2 is 1.79 bits per heavy atom. The van der Waals surface area contributed by atoms with E-state index in [1.807, 2.05) is 18.2 Å². The maximum atomic E-state index is 12.2. The van der Waals surface area contributed by atoms with Gasteiger partial charge in [-0.2, -0.15) is 0 Å². The zero-order chi connectivity index (χ0) is 21.7. The summed E-state index contributed by atoms with van der Waals surface area (Å²) in [6.07, 6.45) is 2.27. The smallest absolute Gasteiger partial charge is 0.331 e. The highest BCUT2D eigenvalue weighted by molar-refractivity contribution is 6.74. The number of carbonyl (C=O) groups is 1. The number of cyclic esters (lactones) is 1. The molecule has 4 nitrogen and oxygen atoms in total. The first kappa shape index (κ1) is 23.8. The first-order valence-corrected chi connectivity index (χ1v) is 13.6. The third kappa shape index (κ3) is 7.09. The van der Waals surface area contributed by atoms with Crippen molar-refractivity contribution in [2.45, 2.75) is 71.9 Å². The number of esters is 1. The molecule has 0 amide bonds. The molecule has 29 heavy (non-hydrogen) atoms. The first-order chi connectivity index (χ1) is 13.5. The van der Waals surface area contributed by atoms with Gasteiger partial charge in [0, 0.05) is 30.9 Å². The summed E-state index contributed by atoms with van der Waals surface area (Å²) in [5.41, 5.74) is 2.27. The number of carbonyl (C=O) groups excluding carboxylic acids is 1. The molecule has 0 saturated carbocycles. The van der Waals surface area contributed by atoms with Gasteiger partial charge in [-0.15, -0.1) is 0 Å². The van der Waals surface area contributed by atoms with Gasteiger partial charge in [0.25, 0.3) is 0 Å². The van der Waals surface area contributed by atoms with E-state index in [1.165, 1.54) is 0 Å². The van der Waals surface area contributed by atoms with E-state index in [0.717, 1.165) is 17.6 Å². The molecule has 0 bridgehead atoms. The highest BCUT2D eigenvalue weighted by Gasteiger charge is 2.38. The topological polar surface area (TPSA) is 44.8 Å². The van der Waals surface area contributed by atoms with Crippen LogP contribution in [0.25, 0.3) is 0 Å². The van der Waals surface area contributed by atoms with Gasteiger partial charge in [0.15, 0.2) is 8.32 Å². The average molecular weight is 419 g/mol. The van der Waals surface area contributed by atoms with Crippen molar-refractivity contribution in [3.63, 3.8) is 0 Å². The predicted octanol–water partition coefficient (Wildman–Crippen LogP) is 5.74. The van der Waals surface area contributed by atoms with E-state index in [-0.39, 0.29) is 28.9 Å². The lowest BCUT2D eigenvalue weighted by atomic mass is 9.89. The van der Waals surface area contributed by atoms with Crippen LogP contribution in [0.5, 0.6) is 0 Å². The molecule has 1 aromatic rings. The van der Waals surface area contributed by atoms with Gasteiger partial charge in [-0.1, -0.05) is 70.5 Å². The van der Waals surface area contributed by atoms with Crippen LogP contribution < -0.4 is 0 Å².